The van der Waals surface area contributed by atoms with Gasteiger partial charge >= 0.3 is 0 Å². The van der Waals surface area contributed by atoms with Crippen LogP contribution in [-0.2, 0) is 11.2 Å². The van der Waals surface area contributed by atoms with Gasteiger partial charge < -0.3 is 20.3 Å². The molecule has 1 saturated heterocycles. The number of hydrogen-bond donors (Lipinski definition) is 2. The standard InChI is InChI=1S/C11H12BrN3O3.C4H9NO/c1-13-10-8(15(17)18)5-7-6(9(10)12)3-4-14(2)11(7)16;1-3-6-4-2-5-1/h5,13H,3-4H2,1-2H3;5H,1-4H2. The van der Waals surface area contributed by atoms with Crippen molar-refractivity contribution in [1.29, 1.82) is 0 Å². The largest absolute Gasteiger partial charge is 0.382 e. The molecule has 1 aromatic rings. The van der Waals surface area contributed by atoms with E-state index >= 15 is 0 Å². The molecule has 1 fully saturated rings. The summed E-state index contributed by atoms with van der Waals surface area (Å²) < 4.78 is 5.61. The molecule has 0 aromatic heterocycles. The van der Waals surface area contributed by atoms with Crippen molar-refractivity contribution in [3.05, 3.63) is 31.8 Å². The number of hydrogen-bond acceptors (Lipinski definition) is 6. The van der Waals surface area contributed by atoms with Crippen molar-refractivity contribution in [2.24, 2.45) is 0 Å². The second-order valence-corrected chi connectivity index (χ2v) is 6.25. The maximum atomic E-state index is 12.0. The minimum absolute atomic E-state index is 0.0909. The zero-order chi connectivity index (χ0) is 17.7. The van der Waals surface area contributed by atoms with Gasteiger partial charge in [0.1, 0.15) is 5.69 Å². The molecule has 0 radical (unpaired) electrons. The van der Waals surface area contributed by atoms with Crippen LogP contribution < -0.4 is 10.6 Å². The first-order valence-electron chi connectivity index (χ1n) is 7.68. The second kappa shape index (κ2) is 8.41. The van der Waals surface area contributed by atoms with E-state index in [1.54, 1.807) is 19.0 Å². The summed E-state index contributed by atoms with van der Waals surface area (Å²) in [6.45, 7) is 4.45. The highest BCUT2D eigenvalue weighted by molar-refractivity contribution is 9.10. The third-order valence-electron chi connectivity index (χ3n) is 3.91. The second-order valence-electron chi connectivity index (χ2n) is 5.46. The fraction of sp³-hybridized carbons (Fsp3) is 0.533. The highest BCUT2D eigenvalue weighted by atomic mass is 79.9. The third kappa shape index (κ3) is 4.03. The molecule has 2 aliphatic heterocycles. The van der Waals surface area contributed by atoms with Crippen molar-refractivity contribution >= 4 is 33.2 Å². The van der Waals surface area contributed by atoms with Gasteiger partial charge in [-0.3, -0.25) is 14.9 Å². The molecule has 2 N–H and O–H groups in total. The zero-order valence-electron chi connectivity index (χ0n) is 13.7. The number of ether oxygens (including phenoxy) is 1. The van der Waals surface area contributed by atoms with Crippen LogP contribution in [0.4, 0.5) is 11.4 Å². The van der Waals surface area contributed by atoms with E-state index in [4.69, 9.17) is 4.74 Å². The van der Waals surface area contributed by atoms with E-state index in [-0.39, 0.29) is 11.6 Å². The smallest absolute Gasteiger partial charge is 0.294 e. The van der Waals surface area contributed by atoms with E-state index in [0.29, 0.717) is 28.7 Å². The molecule has 132 valence electrons. The molecule has 0 saturated carbocycles. The first-order chi connectivity index (χ1) is 11.5. The number of amides is 1. The van der Waals surface area contributed by atoms with Crippen LogP contribution in [-0.4, -0.2) is 62.7 Å². The zero-order valence-corrected chi connectivity index (χ0v) is 15.3. The number of nitrogens with zero attached hydrogens (tertiary/aromatic N) is 2. The van der Waals surface area contributed by atoms with Crippen molar-refractivity contribution in [3.63, 3.8) is 0 Å². The molecule has 8 nitrogen and oxygen atoms in total. The van der Waals surface area contributed by atoms with Crippen LogP contribution in [0.5, 0.6) is 0 Å². The molecule has 9 heteroatoms. The average molecular weight is 401 g/mol. The van der Waals surface area contributed by atoms with Crippen LogP contribution >= 0.6 is 15.9 Å². The van der Waals surface area contributed by atoms with Gasteiger partial charge in [-0.2, -0.15) is 0 Å². The Morgan fingerprint density at radius 1 is 1.42 bits per heavy atom. The summed E-state index contributed by atoms with van der Waals surface area (Å²) in [5, 5.41) is 17.0. The SMILES string of the molecule is C1COCCN1.CNc1c([N+](=O)[O-])cc2c(c1Br)CCN(C)C2=O. The molecular formula is C15H21BrN4O4. The molecular weight excluding hydrogens is 380 g/mol. The maximum Gasteiger partial charge on any atom is 0.294 e. The normalized spacial score (nSPS) is 16.8. The number of nitro groups is 1. The monoisotopic (exact) mass is 400 g/mol. The Hall–Kier alpha value is -1.71. The van der Waals surface area contributed by atoms with Gasteiger partial charge in [0.25, 0.3) is 11.6 Å². The molecule has 2 heterocycles. The molecule has 0 spiro atoms. The Kier molecular flexibility index (Phi) is 6.52. The lowest BCUT2D eigenvalue weighted by Gasteiger charge is -2.26. The number of fused-ring (bicyclic) bond motifs is 1. The first kappa shape index (κ1) is 18.6. The summed E-state index contributed by atoms with van der Waals surface area (Å²) in [6, 6.07) is 1.35. The van der Waals surface area contributed by atoms with Crippen molar-refractivity contribution in [1.82, 2.24) is 10.2 Å². The number of halogens is 1. The van der Waals surface area contributed by atoms with Crippen LogP contribution in [0.1, 0.15) is 15.9 Å². The van der Waals surface area contributed by atoms with Gasteiger partial charge in [-0.1, -0.05) is 0 Å². The fourth-order valence-electron chi connectivity index (χ4n) is 2.60. The van der Waals surface area contributed by atoms with E-state index in [1.165, 1.54) is 6.07 Å². The minimum atomic E-state index is -0.487. The molecule has 24 heavy (non-hydrogen) atoms. The molecule has 0 bridgehead atoms. The Bertz CT molecular complexity index is 623. The highest BCUT2D eigenvalue weighted by Crippen LogP contribution is 2.39. The van der Waals surface area contributed by atoms with Gasteiger partial charge in [0.05, 0.1) is 28.2 Å². The number of anilines is 1. The number of carbonyl (C=O) groups excluding carboxylic acids is 1. The number of carbonyl (C=O) groups is 1. The lowest BCUT2D eigenvalue weighted by Crippen LogP contribution is -2.34. The fourth-order valence-corrected chi connectivity index (χ4v) is 3.41. The molecule has 1 amide bonds. The number of nitro benzene ring substituents is 1. The van der Waals surface area contributed by atoms with Gasteiger partial charge in [0.15, 0.2) is 0 Å². The molecule has 2 aliphatic rings. The van der Waals surface area contributed by atoms with Gasteiger partial charge in [-0.05, 0) is 27.9 Å². The molecule has 0 atom stereocenters. The molecule has 0 unspecified atom stereocenters. The number of morpholine rings is 1. The number of nitrogens with one attached hydrogen (secondary N) is 2. The Morgan fingerprint density at radius 3 is 2.54 bits per heavy atom. The maximum absolute atomic E-state index is 12.0. The van der Waals surface area contributed by atoms with Crippen LogP contribution in [0.25, 0.3) is 0 Å². The third-order valence-corrected chi connectivity index (χ3v) is 4.79. The summed E-state index contributed by atoms with van der Waals surface area (Å²) in [7, 11) is 3.31. The van der Waals surface area contributed by atoms with Crippen LogP contribution in [0, 0.1) is 10.1 Å². The van der Waals surface area contributed by atoms with E-state index in [9.17, 15) is 14.9 Å². The summed E-state index contributed by atoms with van der Waals surface area (Å²) in [4.78, 5) is 24.1. The van der Waals surface area contributed by atoms with Crippen LogP contribution in [0.15, 0.2) is 10.5 Å². The summed E-state index contributed by atoms with van der Waals surface area (Å²) in [5.41, 5.74) is 1.55. The van der Waals surface area contributed by atoms with Crippen LogP contribution in [0.3, 0.4) is 0 Å². The number of benzene rings is 1. The highest BCUT2D eigenvalue weighted by Gasteiger charge is 2.29. The van der Waals surface area contributed by atoms with Gasteiger partial charge in [0, 0.05) is 39.8 Å². The lowest BCUT2D eigenvalue weighted by molar-refractivity contribution is -0.384. The number of likely N-dealkylation sites (N-methyl/N-ethyl adjacent to an activating group) is 1. The van der Waals surface area contributed by atoms with Crippen molar-refractivity contribution in [2.45, 2.75) is 6.42 Å². The van der Waals surface area contributed by atoms with Crippen molar-refractivity contribution < 1.29 is 14.5 Å². The first-order valence-corrected chi connectivity index (χ1v) is 8.48. The van der Waals surface area contributed by atoms with E-state index in [0.717, 1.165) is 31.9 Å². The minimum Gasteiger partial charge on any atom is -0.382 e. The van der Waals surface area contributed by atoms with E-state index < -0.39 is 4.92 Å². The van der Waals surface area contributed by atoms with E-state index in [1.807, 2.05) is 0 Å². The summed E-state index contributed by atoms with van der Waals surface area (Å²) in [5.74, 6) is -0.178. The predicted octanol–water partition coefficient (Wildman–Crippen LogP) is 1.63. The molecule has 3 rings (SSSR count). The van der Waals surface area contributed by atoms with Gasteiger partial charge in [0.2, 0.25) is 0 Å². The summed E-state index contributed by atoms with van der Waals surface area (Å²) >= 11 is 3.36. The van der Waals surface area contributed by atoms with Crippen molar-refractivity contribution in [2.75, 3.05) is 52.3 Å². The van der Waals surface area contributed by atoms with Gasteiger partial charge in [-0.15, -0.1) is 0 Å². The quantitative estimate of drug-likeness (QED) is 0.578. The molecule has 1 aromatic carbocycles. The topological polar surface area (TPSA) is 96.7 Å². The predicted molar refractivity (Wildman–Crippen MR) is 94.7 cm³/mol. The van der Waals surface area contributed by atoms with Crippen molar-refractivity contribution in [3.8, 4) is 0 Å². The summed E-state index contributed by atoms with van der Waals surface area (Å²) in [6.07, 6.45) is 0.685. The number of rotatable bonds is 2. The average Bonchev–Trinajstić information content (AvgIpc) is 2.60. The van der Waals surface area contributed by atoms with E-state index in [2.05, 4.69) is 26.6 Å². The Morgan fingerprint density at radius 2 is 2.08 bits per heavy atom. The van der Waals surface area contributed by atoms with Crippen LogP contribution in [0.2, 0.25) is 0 Å². The Balaban J connectivity index is 0.000000292. The lowest BCUT2D eigenvalue weighted by atomic mass is 9.97. The van der Waals surface area contributed by atoms with Gasteiger partial charge in [-0.25, -0.2) is 0 Å². The molecule has 0 aliphatic carbocycles. The Labute approximate surface area is 148 Å².